The zero-order valence-corrected chi connectivity index (χ0v) is 63.8. The minimum atomic E-state index is -4.96. The van der Waals surface area contributed by atoms with Crippen molar-refractivity contribution in [3.05, 3.63) is 0 Å². The van der Waals surface area contributed by atoms with Gasteiger partial charge in [-0.05, 0) is 37.5 Å². The quantitative estimate of drug-likeness (QED) is 0.0222. The number of carbonyl (C=O) groups excluding carboxylic acids is 4. The van der Waals surface area contributed by atoms with E-state index in [4.69, 9.17) is 37.0 Å². The molecule has 0 aliphatic carbocycles. The summed E-state index contributed by atoms with van der Waals surface area (Å²) >= 11 is 0. The van der Waals surface area contributed by atoms with Crippen molar-refractivity contribution in [2.24, 2.45) is 11.8 Å². The van der Waals surface area contributed by atoms with E-state index >= 15 is 0 Å². The van der Waals surface area contributed by atoms with E-state index in [-0.39, 0.29) is 25.7 Å². The van der Waals surface area contributed by atoms with Gasteiger partial charge in [-0.1, -0.05) is 343 Å². The molecule has 0 aromatic carbocycles. The van der Waals surface area contributed by atoms with Crippen LogP contribution in [0.5, 0.6) is 0 Å². The van der Waals surface area contributed by atoms with Gasteiger partial charge in [0.05, 0.1) is 26.4 Å². The van der Waals surface area contributed by atoms with E-state index in [0.717, 1.165) is 102 Å². The molecule has 95 heavy (non-hydrogen) atoms. The van der Waals surface area contributed by atoms with Gasteiger partial charge < -0.3 is 33.8 Å². The maximum Gasteiger partial charge on any atom is 0.472 e. The van der Waals surface area contributed by atoms with E-state index in [1.807, 2.05) is 0 Å². The predicted octanol–water partition coefficient (Wildman–Crippen LogP) is 22.3. The molecule has 17 nitrogen and oxygen atoms in total. The van der Waals surface area contributed by atoms with Crippen LogP contribution in [0.3, 0.4) is 0 Å². The monoisotopic (exact) mass is 1400 g/mol. The highest BCUT2D eigenvalue weighted by Crippen LogP contribution is 2.45. The zero-order chi connectivity index (χ0) is 70.0. The molecule has 0 aromatic heterocycles. The highest BCUT2D eigenvalue weighted by atomic mass is 31.2. The lowest BCUT2D eigenvalue weighted by Crippen LogP contribution is -2.30. The second kappa shape index (κ2) is 67.9. The number of aliphatic hydroxyl groups is 1. The molecule has 564 valence electrons. The van der Waals surface area contributed by atoms with Crippen LogP contribution in [0, 0.1) is 11.8 Å². The lowest BCUT2D eigenvalue weighted by atomic mass is 10.0. The Hall–Kier alpha value is -1.94. The number of aliphatic hydroxyl groups excluding tert-OH is 1. The number of rotatable bonds is 75. The number of esters is 4. The number of carbonyl (C=O) groups is 4. The minimum Gasteiger partial charge on any atom is -0.462 e. The van der Waals surface area contributed by atoms with E-state index in [1.165, 1.54) is 212 Å². The van der Waals surface area contributed by atoms with Gasteiger partial charge in [-0.15, -0.1) is 0 Å². The predicted molar refractivity (Wildman–Crippen MR) is 386 cm³/mol. The van der Waals surface area contributed by atoms with Gasteiger partial charge in [0.2, 0.25) is 0 Å². The van der Waals surface area contributed by atoms with Crippen LogP contribution >= 0.6 is 15.6 Å². The molecule has 19 heteroatoms. The van der Waals surface area contributed by atoms with Crippen LogP contribution in [-0.2, 0) is 65.4 Å². The summed E-state index contributed by atoms with van der Waals surface area (Å²) in [5, 5.41) is 10.6. The summed E-state index contributed by atoms with van der Waals surface area (Å²) in [6, 6.07) is 0. The molecular formula is C76H148O17P2. The van der Waals surface area contributed by atoms with E-state index in [0.29, 0.717) is 25.7 Å². The van der Waals surface area contributed by atoms with Gasteiger partial charge >= 0.3 is 39.5 Å². The number of phosphoric ester groups is 2. The van der Waals surface area contributed by atoms with Crippen molar-refractivity contribution in [2.75, 3.05) is 39.6 Å². The molecule has 0 aromatic rings. The summed E-state index contributed by atoms with van der Waals surface area (Å²) in [4.78, 5) is 72.7. The molecule has 0 saturated carbocycles. The van der Waals surface area contributed by atoms with Gasteiger partial charge in [0, 0.05) is 25.7 Å². The molecule has 2 unspecified atom stereocenters. The highest BCUT2D eigenvalue weighted by molar-refractivity contribution is 7.47. The molecule has 0 aliphatic rings. The first kappa shape index (κ1) is 93.1. The molecule has 0 heterocycles. The maximum absolute atomic E-state index is 13.1. The van der Waals surface area contributed by atoms with Gasteiger partial charge in [-0.25, -0.2) is 9.13 Å². The smallest absolute Gasteiger partial charge is 0.462 e. The maximum atomic E-state index is 13.1. The van der Waals surface area contributed by atoms with E-state index in [2.05, 4.69) is 41.5 Å². The number of phosphoric acid groups is 2. The Morgan fingerprint density at radius 2 is 0.484 bits per heavy atom. The summed E-state index contributed by atoms with van der Waals surface area (Å²) in [5.41, 5.74) is 0. The molecule has 0 saturated heterocycles. The van der Waals surface area contributed by atoms with Gasteiger partial charge in [0.25, 0.3) is 0 Å². The van der Waals surface area contributed by atoms with Gasteiger partial charge in [-0.3, -0.25) is 37.3 Å². The summed E-state index contributed by atoms with van der Waals surface area (Å²) in [5.74, 6) is -0.597. The Morgan fingerprint density at radius 1 is 0.284 bits per heavy atom. The number of hydrogen-bond donors (Lipinski definition) is 3. The van der Waals surface area contributed by atoms with Gasteiger partial charge in [0.1, 0.15) is 19.3 Å². The fraction of sp³-hybridized carbons (Fsp3) is 0.947. The Morgan fingerprint density at radius 3 is 0.716 bits per heavy atom. The van der Waals surface area contributed by atoms with Crippen molar-refractivity contribution in [1.29, 1.82) is 0 Å². The summed E-state index contributed by atoms with van der Waals surface area (Å²) in [6.45, 7) is 9.57. The van der Waals surface area contributed by atoms with Crippen LogP contribution in [0.25, 0.3) is 0 Å². The Balaban J connectivity index is 5.21. The standard InChI is InChI=1S/C76H148O17P2/c1-7-9-11-13-15-17-18-19-20-21-24-27-30-34-41-47-53-59-74(79)87-65-71(92-75(80)60-54-48-42-35-31-28-25-22-23-26-29-33-38-44-50-56-68(3)4)66-90-94(82,83)88-62-70(77)63-89-95(84,85)91-67-72(64-86-73(78)58-52-46-40-32-16-14-12-10-8-2)93-76(81)61-55-49-43-37-36-39-45-51-57-69(5)6/h68-72,77H,7-67H2,1-6H3,(H,82,83)(H,84,85)/t70-,71-,72-/m1/s1. The van der Waals surface area contributed by atoms with Crippen molar-refractivity contribution in [1.82, 2.24) is 0 Å². The Kier molecular flexibility index (Phi) is 66.5. The molecule has 0 aliphatic heterocycles. The number of unbranched alkanes of at least 4 members (excludes halogenated alkanes) is 45. The molecule has 0 amide bonds. The highest BCUT2D eigenvalue weighted by Gasteiger charge is 2.30. The van der Waals surface area contributed by atoms with E-state index in [1.54, 1.807) is 0 Å². The van der Waals surface area contributed by atoms with Crippen LogP contribution in [0.2, 0.25) is 0 Å². The summed E-state index contributed by atoms with van der Waals surface area (Å²) < 4.78 is 68.5. The molecule has 0 spiro atoms. The molecule has 3 N–H and O–H groups in total. The second-order valence-corrected chi connectivity index (χ2v) is 31.3. The Bertz CT molecular complexity index is 1840. The van der Waals surface area contributed by atoms with Crippen LogP contribution in [0.15, 0.2) is 0 Å². The summed E-state index contributed by atoms with van der Waals surface area (Å²) in [6.07, 6.45) is 55.6. The molecule has 0 bridgehead atoms. The molecular weight excluding hydrogens is 1250 g/mol. The second-order valence-electron chi connectivity index (χ2n) is 28.3. The molecule has 0 rings (SSSR count). The first-order valence-electron chi connectivity index (χ1n) is 39.5. The molecule has 0 fully saturated rings. The average Bonchev–Trinajstić information content (AvgIpc) is 1.35. The van der Waals surface area contributed by atoms with Crippen molar-refractivity contribution >= 4 is 39.5 Å². The first-order valence-corrected chi connectivity index (χ1v) is 42.5. The third kappa shape index (κ3) is 70.3. The number of hydrogen-bond acceptors (Lipinski definition) is 15. The fourth-order valence-electron chi connectivity index (χ4n) is 11.7. The van der Waals surface area contributed by atoms with Gasteiger partial charge in [0.15, 0.2) is 12.2 Å². The van der Waals surface area contributed by atoms with Crippen molar-refractivity contribution < 1.29 is 80.2 Å². The topological polar surface area (TPSA) is 237 Å². The van der Waals surface area contributed by atoms with E-state index < -0.39 is 97.5 Å². The SMILES string of the molecule is CCCCCCCCCCCCCCCCCCCC(=O)OC[C@H](COP(=O)(O)OC[C@@H](O)COP(=O)(O)OC[C@@H](COC(=O)CCCCCCCCCCC)OC(=O)CCCCCCCCCCC(C)C)OC(=O)CCCCCCCCCCCCCCCCCC(C)C. The van der Waals surface area contributed by atoms with Crippen LogP contribution < -0.4 is 0 Å². The molecule has 5 atom stereocenters. The third-order valence-corrected chi connectivity index (χ3v) is 19.6. The lowest BCUT2D eigenvalue weighted by molar-refractivity contribution is -0.161. The van der Waals surface area contributed by atoms with E-state index in [9.17, 15) is 43.2 Å². The minimum absolute atomic E-state index is 0.105. The van der Waals surface area contributed by atoms with Crippen LogP contribution in [-0.4, -0.2) is 96.7 Å². The van der Waals surface area contributed by atoms with Crippen LogP contribution in [0.4, 0.5) is 0 Å². The zero-order valence-electron chi connectivity index (χ0n) is 62.0. The first-order chi connectivity index (χ1) is 45.9. The number of ether oxygens (including phenoxy) is 4. The normalized spacial score (nSPS) is 14.0. The molecule has 0 radical (unpaired) electrons. The third-order valence-electron chi connectivity index (χ3n) is 17.7. The van der Waals surface area contributed by atoms with Crippen molar-refractivity contribution in [3.8, 4) is 0 Å². The Labute approximate surface area is 581 Å². The van der Waals surface area contributed by atoms with Crippen molar-refractivity contribution in [2.45, 2.75) is 413 Å². The van der Waals surface area contributed by atoms with Crippen molar-refractivity contribution in [3.63, 3.8) is 0 Å². The van der Waals surface area contributed by atoms with Gasteiger partial charge in [-0.2, -0.15) is 0 Å². The fourth-order valence-corrected chi connectivity index (χ4v) is 13.2. The van der Waals surface area contributed by atoms with Crippen LogP contribution in [0.1, 0.15) is 395 Å². The summed E-state index contributed by atoms with van der Waals surface area (Å²) in [7, 11) is -9.91. The average molecular weight is 1400 g/mol. The largest absolute Gasteiger partial charge is 0.472 e. The lowest BCUT2D eigenvalue weighted by Gasteiger charge is -2.21.